The Morgan fingerprint density at radius 3 is 2.60 bits per heavy atom. The minimum Gasteiger partial charge on any atom is -0.383 e. The van der Waals surface area contributed by atoms with Gasteiger partial charge in [0.05, 0.1) is 6.61 Å². The molecule has 1 fully saturated rings. The van der Waals surface area contributed by atoms with Gasteiger partial charge in [0.2, 0.25) is 0 Å². The first-order valence-corrected chi connectivity index (χ1v) is 7.90. The van der Waals surface area contributed by atoms with Crippen molar-refractivity contribution in [3.05, 3.63) is 29.8 Å². The summed E-state index contributed by atoms with van der Waals surface area (Å²) in [6.07, 6.45) is 5.29. The lowest BCUT2D eigenvalue weighted by atomic mass is 10.1. The van der Waals surface area contributed by atoms with Crippen molar-refractivity contribution in [2.24, 2.45) is 0 Å². The molecule has 0 saturated heterocycles. The van der Waals surface area contributed by atoms with Crippen molar-refractivity contribution < 1.29 is 4.74 Å². The molecule has 0 unspecified atom stereocenters. The Hall–Kier alpha value is -1.06. The summed E-state index contributed by atoms with van der Waals surface area (Å²) in [4.78, 5) is 2.59. The molecule has 0 amide bonds. The number of rotatable bonds is 10. The normalized spacial score (nSPS) is 14.5. The van der Waals surface area contributed by atoms with Gasteiger partial charge in [0.1, 0.15) is 0 Å². The molecule has 0 heterocycles. The van der Waals surface area contributed by atoms with Gasteiger partial charge < -0.3 is 15.0 Å². The quantitative estimate of drug-likeness (QED) is 0.664. The molecule has 1 aliphatic rings. The van der Waals surface area contributed by atoms with E-state index in [4.69, 9.17) is 4.74 Å². The van der Waals surface area contributed by atoms with Gasteiger partial charge in [-0.1, -0.05) is 25.5 Å². The zero-order valence-electron chi connectivity index (χ0n) is 12.9. The highest BCUT2D eigenvalue weighted by Gasteiger charge is 2.28. The van der Waals surface area contributed by atoms with E-state index in [1.54, 1.807) is 7.11 Å². The van der Waals surface area contributed by atoms with Crippen LogP contribution in [0.25, 0.3) is 0 Å². The number of methoxy groups -OCH3 is 1. The van der Waals surface area contributed by atoms with Crippen LogP contribution in [0, 0.1) is 0 Å². The van der Waals surface area contributed by atoms with Gasteiger partial charge in [-0.05, 0) is 37.0 Å². The van der Waals surface area contributed by atoms with E-state index < -0.39 is 0 Å². The first kappa shape index (κ1) is 15.3. The van der Waals surface area contributed by atoms with Crippen LogP contribution in [0.3, 0.4) is 0 Å². The van der Waals surface area contributed by atoms with Gasteiger partial charge in [0.25, 0.3) is 0 Å². The summed E-state index contributed by atoms with van der Waals surface area (Å²) < 4.78 is 5.03. The molecule has 3 nitrogen and oxygen atoms in total. The molecule has 0 aromatic heterocycles. The average Bonchev–Trinajstić information content (AvgIpc) is 3.30. The third kappa shape index (κ3) is 4.80. The number of ether oxygens (including phenoxy) is 1. The van der Waals surface area contributed by atoms with Crippen LogP contribution < -0.4 is 10.2 Å². The SMILES string of the molecule is CCCCN(c1ccc(CNCCOC)cc1)C1CC1. The van der Waals surface area contributed by atoms with E-state index in [0.29, 0.717) is 0 Å². The minimum absolute atomic E-state index is 0.768. The maximum Gasteiger partial charge on any atom is 0.0587 e. The lowest BCUT2D eigenvalue weighted by molar-refractivity contribution is 0.199. The van der Waals surface area contributed by atoms with Crippen LogP contribution in [0.2, 0.25) is 0 Å². The molecule has 1 saturated carbocycles. The minimum atomic E-state index is 0.768. The zero-order valence-corrected chi connectivity index (χ0v) is 12.9. The van der Waals surface area contributed by atoms with Gasteiger partial charge in [-0.3, -0.25) is 0 Å². The summed E-state index contributed by atoms with van der Waals surface area (Å²) in [7, 11) is 1.74. The topological polar surface area (TPSA) is 24.5 Å². The second kappa shape index (κ2) is 8.28. The monoisotopic (exact) mass is 276 g/mol. The van der Waals surface area contributed by atoms with E-state index in [1.807, 2.05) is 0 Å². The largest absolute Gasteiger partial charge is 0.383 e. The van der Waals surface area contributed by atoms with Gasteiger partial charge in [0.15, 0.2) is 0 Å². The van der Waals surface area contributed by atoms with E-state index in [-0.39, 0.29) is 0 Å². The third-order valence-electron chi connectivity index (χ3n) is 3.82. The van der Waals surface area contributed by atoms with Crippen LogP contribution in [0.1, 0.15) is 38.2 Å². The van der Waals surface area contributed by atoms with Crippen LogP contribution in [0.4, 0.5) is 5.69 Å². The number of hydrogen-bond acceptors (Lipinski definition) is 3. The maximum absolute atomic E-state index is 5.03. The highest BCUT2D eigenvalue weighted by Crippen LogP contribution is 2.32. The highest BCUT2D eigenvalue weighted by molar-refractivity contribution is 5.49. The van der Waals surface area contributed by atoms with Gasteiger partial charge in [-0.2, -0.15) is 0 Å². The van der Waals surface area contributed by atoms with Crippen molar-refractivity contribution >= 4 is 5.69 Å². The number of benzene rings is 1. The van der Waals surface area contributed by atoms with Crippen molar-refractivity contribution in [1.29, 1.82) is 0 Å². The summed E-state index contributed by atoms with van der Waals surface area (Å²) in [5, 5.41) is 3.38. The van der Waals surface area contributed by atoms with Crippen molar-refractivity contribution in [3.8, 4) is 0 Å². The molecule has 3 heteroatoms. The Bertz CT molecular complexity index is 373. The molecule has 2 rings (SSSR count). The lowest BCUT2D eigenvalue weighted by Gasteiger charge is -2.24. The maximum atomic E-state index is 5.03. The van der Waals surface area contributed by atoms with Crippen LogP contribution in [-0.4, -0.2) is 32.8 Å². The van der Waals surface area contributed by atoms with Crippen LogP contribution in [-0.2, 0) is 11.3 Å². The van der Waals surface area contributed by atoms with Gasteiger partial charge in [-0.25, -0.2) is 0 Å². The Kier molecular flexibility index (Phi) is 6.34. The Labute approximate surface area is 123 Å². The number of nitrogens with zero attached hydrogens (tertiary/aromatic N) is 1. The van der Waals surface area contributed by atoms with Crippen molar-refractivity contribution in [3.63, 3.8) is 0 Å². The van der Waals surface area contributed by atoms with Crippen LogP contribution in [0.15, 0.2) is 24.3 Å². The van der Waals surface area contributed by atoms with Crippen LogP contribution in [0.5, 0.6) is 0 Å². The second-order valence-electron chi connectivity index (χ2n) is 5.61. The molecule has 0 bridgehead atoms. The van der Waals surface area contributed by atoms with Gasteiger partial charge in [0, 0.05) is 38.5 Å². The van der Waals surface area contributed by atoms with Gasteiger partial charge >= 0.3 is 0 Å². The summed E-state index contributed by atoms with van der Waals surface area (Å²) in [5.74, 6) is 0. The molecule has 1 aromatic rings. The third-order valence-corrected chi connectivity index (χ3v) is 3.82. The molecule has 0 radical (unpaired) electrons. The van der Waals surface area contributed by atoms with E-state index in [0.717, 1.165) is 25.7 Å². The smallest absolute Gasteiger partial charge is 0.0587 e. The molecule has 1 aromatic carbocycles. The summed E-state index contributed by atoms with van der Waals surface area (Å²) in [6, 6.07) is 9.85. The molecule has 20 heavy (non-hydrogen) atoms. The van der Waals surface area contributed by atoms with Crippen molar-refractivity contribution in [2.75, 3.05) is 31.7 Å². The predicted octanol–water partition coefficient (Wildman–Crippen LogP) is 3.19. The average molecular weight is 276 g/mol. The van der Waals surface area contributed by atoms with Crippen molar-refractivity contribution in [1.82, 2.24) is 5.32 Å². The standard InChI is InChI=1S/C17H28N2O/c1-3-4-12-19(17-9-10-17)16-7-5-15(6-8-16)14-18-11-13-20-2/h5-8,17-18H,3-4,9-14H2,1-2H3. The molecule has 1 aliphatic carbocycles. The fraction of sp³-hybridized carbons (Fsp3) is 0.647. The molecule has 1 N–H and O–H groups in total. The predicted molar refractivity (Wildman–Crippen MR) is 85.3 cm³/mol. The number of unbranched alkanes of at least 4 members (excludes halogenated alkanes) is 1. The molecular formula is C17H28N2O. The highest BCUT2D eigenvalue weighted by atomic mass is 16.5. The fourth-order valence-corrected chi connectivity index (χ4v) is 2.45. The summed E-state index contributed by atoms with van der Waals surface area (Å²) in [5.41, 5.74) is 2.73. The first-order chi connectivity index (χ1) is 9.85. The fourth-order valence-electron chi connectivity index (χ4n) is 2.45. The molecular weight excluding hydrogens is 248 g/mol. The Balaban J connectivity index is 1.85. The molecule has 0 atom stereocenters. The van der Waals surface area contributed by atoms with Gasteiger partial charge in [-0.15, -0.1) is 0 Å². The lowest BCUT2D eigenvalue weighted by Crippen LogP contribution is -2.26. The first-order valence-electron chi connectivity index (χ1n) is 7.90. The second-order valence-corrected chi connectivity index (χ2v) is 5.61. The summed E-state index contributed by atoms with van der Waals surface area (Å²) >= 11 is 0. The van der Waals surface area contributed by atoms with E-state index in [1.165, 1.54) is 43.5 Å². The van der Waals surface area contributed by atoms with E-state index in [9.17, 15) is 0 Å². The molecule has 0 aliphatic heterocycles. The van der Waals surface area contributed by atoms with E-state index >= 15 is 0 Å². The summed E-state index contributed by atoms with van der Waals surface area (Å²) in [6.45, 7) is 6.06. The Morgan fingerprint density at radius 2 is 2.00 bits per heavy atom. The number of nitrogens with one attached hydrogen (secondary N) is 1. The number of hydrogen-bond donors (Lipinski definition) is 1. The Morgan fingerprint density at radius 1 is 1.25 bits per heavy atom. The van der Waals surface area contributed by atoms with Crippen molar-refractivity contribution in [2.45, 2.75) is 45.2 Å². The number of anilines is 1. The molecule has 112 valence electrons. The molecule has 0 spiro atoms. The zero-order chi connectivity index (χ0) is 14.2. The van der Waals surface area contributed by atoms with Crippen LogP contribution >= 0.6 is 0 Å². The van der Waals surface area contributed by atoms with E-state index in [2.05, 4.69) is 41.4 Å².